The van der Waals surface area contributed by atoms with Crippen LogP contribution in [0.4, 0.5) is 0 Å². The zero-order chi connectivity index (χ0) is 19.4. The van der Waals surface area contributed by atoms with E-state index in [-0.39, 0.29) is 11.8 Å². The van der Waals surface area contributed by atoms with E-state index in [2.05, 4.69) is 0 Å². The molecule has 2 aromatic carbocycles. The minimum absolute atomic E-state index is 0.0340. The molecule has 0 atom stereocenters. The van der Waals surface area contributed by atoms with E-state index in [1.807, 2.05) is 24.3 Å². The molecule has 144 valence electrons. The summed E-state index contributed by atoms with van der Waals surface area (Å²) in [5.74, 6) is -0.133. The van der Waals surface area contributed by atoms with E-state index < -0.39 is 10.0 Å². The molecule has 0 aliphatic carbocycles. The quantitative estimate of drug-likeness (QED) is 0.764. The Bertz CT molecular complexity index is 894. The zero-order valence-corrected chi connectivity index (χ0v) is 16.8. The van der Waals surface area contributed by atoms with Gasteiger partial charge in [0.05, 0.1) is 4.90 Å². The van der Waals surface area contributed by atoms with Crippen molar-refractivity contribution in [3.05, 3.63) is 65.2 Å². The highest BCUT2D eigenvalue weighted by Gasteiger charge is 2.33. The summed E-state index contributed by atoms with van der Waals surface area (Å²) in [6, 6.07) is 15.9. The maximum absolute atomic E-state index is 12.8. The maximum Gasteiger partial charge on any atom is 0.243 e. The number of halogens is 1. The number of carbonyl (C=O) groups is 1. The van der Waals surface area contributed by atoms with E-state index in [9.17, 15) is 13.2 Å². The summed E-state index contributed by atoms with van der Waals surface area (Å²) in [6.07, 6.45) is 1.05. The second-order valence-electron chi connectivity index (χ2n) is 6.78. The Balaban J connectivity index is 1.60. The third-order valence-corrected chi connectivity index (χ3v) is 7.21. The standard InChI is InChI=1S/C20H23ClN2O3S/c1-22(15-17-7-5-6-10-19(17)21)20(24)16-11-13-23(14-12-16)27(25,26)18-8-3-2-4-9-18/h2-10,16H,11-15H2,1H3. The molecule has 2 aromatic rings. The van der Waals surface area contributed by atoms with Crippen LogP contribution in [-0.2, 0) is 21.4 Å². The Morgan fingerprint density at radius 3 is 2.30 bits per heavy atom. The summed E-state index contributed by atoms with van der Waals surface area (Å²) in [5, 5.41) is 0.640. The maximum atomic E-state index is 12.8. The molecule has 0 bridgehead atoms. The molecular formula is C20H23ClN2O3S. The number of rotatable bonds is 5. The summed E-state index contributed by atoms with van der Waals surface area (Å²) in [6.45, 7) is 1.15. The van der Waals surface area contributed by atoms with Crippen LogP contribution in [-0.4, -0.2) is 43.7 Å². The van der Waals surface area contributed by atoms with E-state index in [1.165, 1.54) is 4.31 Å². The average Bonchev–Trinajstić information content (AvgIpc) is 2.70. The number of amides is 1. The molecule has 1 aliphatic heterocycles. The molecular weight excluding hydrogens is 384 g/mol. The molecule has 0 N–H and O–H groups in total. The first-order valence-corrected chi connectivity index (χ1v) is 10.7. The first kappa shape index (κ1) is 19.9. The van der Waals surface area contributed by atoms with Gasteiger partial charge in [-0.3, -0.25) is 4.79 Å². The predicted molar refractivity (Wildman–Crippen MR) is 106 cm³/mol. The van der Waals surface area contributed by atoms with Crippen LogP contribution in [0.15, 0.2) is 59.5 Å². The molecule has 1 heterocycles. The molecule has 0 aromatic heterocycles. The summed E-state index contributed by atoms with van der Waals surface area (Å²) >= 11 is 6.17. The summed E-state index contributed by atoms with van der Waals surface area (Å²) in [4.78, 5) is 14.7. The smallest absolute Gasteiger partial charge is 0.243 e. The van der Waals surface area contributed by atoms with Crippen molar-refractivity contribution in [2.75, 3.05) is 20.1 Å². The number of sulfonamides is 1. The van der Waals surface area contributed by atoms with Crippen molar-refractivity contribution in [3.63, 3.8) is 0 Å². The highest BCUT2D eigenvalue weighted by Crippen LogP contribution is 2.26. The highest BCUT2D eigenvalue weighted by atomic mass is 35.5. The van der Waals surface area contributed by atoms with Gasteiger partial charge in [-0.25, -0.2) is 8.42 Å². The van der Waals surface area contributed by atoms with Crippen molar-refractivity contribution < 1.29 is 13.2 Å². The fourth-order valence-corrected chi connectivity index (χ4v) is 5.04. The van der Waals surface area contributed by atoms with Crippen molar-refractivity contribution in [1.29, 1.82) is 0 Å². The SMILES string of the molecule is CN(Cc1ccccc1Cl)C(=O)C1CCN(S(=O)(=O)c2ccccc2)CC1. The van der Waals surface area contributed by atoms with Crippen LogP contribution in [0.3, 0.4) is 0 Å². The lowest BCUT2D eigenvalue weighted by Gasteiger charge is -2.32. The van der Waals surface area contributed by atoms with Gasteiger partial charge in [0.25, 0.3) is 0 Å². The third kappa shape index (κ3) is 4.51. The molecule has 27 heavy (non-hydrogen) atoms. The minimum atomic E-state index is -3.49. The molecule has 0 radical (unpaired) electrons. The van der Waals surface area contributed by atoms with Gasteiger partial charge in [0.2, 0.25) is 15.9 Å². The van der Waals surface area contributed by atoms with Gasteiger partial charge in [0.15, 0.2) is 0 Å². The third-order valence-electron chi connectivity index (χ3n) is 4.93. The Morgan fingerprint density at radius 2 is 1.67 bits per heavy atom. The summed E-state index contributed by atoms with van der Waals surface area (Å²) < 4.78 is 26.9. The Morgan fingerprint density at radius 1 is 1.07 bits per heavy atom. The number of nitrogens with zero attached hydrogens (tertiary/aromatic N) is 2. The number of piperidine rings is 1. The van der Waals surface area contributed by atoms with Crippen molar-refractivity contribution >= 4 is 27.5 Å². The normalized spacial score (nSPS) is 16.2. The zero-order valence-electron chi connectivity index (χ0n) is 15.2. The number of hydrogen-bond donors (Lipinski definition) is 0. The van der Waals surface area contributed by atoms with Gasteiger partial charge in [0.1, 0.15) is 0 Å². The van der Waals surface area contributed by atoms with Gasteiger partial charge in [-0.2, -0.15) is 4.31 Å². The number of carbonyl (C=O) groups excluding carboxylic acids is 1. The first-order chi connectivity index (χ1) is 12.9. The second kappa shape index (κ2) is 8.42. The number of benzene rings is 2. The van der Waals surface area contributed by atoms with Crippen LogP contribution in [0.5, 0.6) is 0 Å². The lowest BCUT2D eigenvalue weighted by Crippen LogP contribution is -2.43. The molecule has 5 nitrogen and oxygen atoms in total. The minimum Gasteiger partial charge on any atom is -0.341 e. The molecule has 3 rings (SSSR count). The van der Waals surface area contributed by atoms with Crippen molar-refractivity contribution in [3.8, 4) is 0 Å². The second-order valence-corrected chi connectivity index (χ2v) is 9.12. The average molecular weight is 407 g/mol. The van der Waals surface area contributed by atoms with Crippen LogP contribution in [0, 0.1) is 5.92 Å². The molecule has 1 saturated heterocycles. The Labute approximate surface area is 165 Å². The van der Waals surface area contributed by atoms with Crippen LogP contribution in [0.2, 0.25) is 5.02 Å². The monoisotopic (exact) mass is 406 g/mol. The van der Waals surface area contributed by atoms with Gasteiger partial charge < -0.3 is 4.90 Å². The topological polar surface area (TPSA) is 57.7 Å². The van der Waals surface area contributed by atoms with Gasteiger partial charge >= 0.3 is 0 Å². The molecule has 7 heteroatoms. The van der Waals surface area contributed by atoms with Gasteiger partial charge in [-0.1, -0.05) is 48.0 Å². The summed E-state index contributed by atoms with van der Waals surface area (Å²) in [7, 11) is -1.73. The van der Waals surface area contributed by atoms with E-state index >= 15 is 0 Å². The molecule has 0 unspecified atom stereocenters. The molecule has 1 fully saturated rings. The van der Waals surface area contributed by atoms with Crippen LogP contribution in [0.25, 0.3) is 0 Å². The predicted octanol–water partition coefficient (Wildman–Crippen LogP) is 3.40. The van der Waals surface area contributed by atoms with Gasteiger partial charge in [0, 0.05) is 37.6 Å². The largest absolute Gasteiger partial charge is 0.341 e. The van der Waals surface area contributed by atoms with Gasteiger partial charge in [-0.15, -0.1) is 0 Å². The molecule has 1 aliphatic rings. The molecule has 1 amide bonds. The molecule has 0 saturated carbocycles. The van der Waals surface area contributed by atoms with Crippen LogP contribution in [0.1, 0.15) is 18.4 Å². The fraction of sp³-hybridized carbons (Fsp3) is 0.350. The Kier molecular flexibility index (Phi) is 6.19. The highest BCUT2D eigenvalue weighted by molar-refractivity contribution is 7.89. The van der Waals surface area contributed by atoms with Crippen LogP contribution >= 0.6 is 11.6 Å². The first-order valence-electron chi connectivity index (χ1n) is 8.93. The van der Waals surface area contributed by atoms with E-state index in [4.69, 9.17) is 11.6 Å². The van der Waals surface area contributed by atoms with E-state index in [0.717, 1.165) is 5.56 Å². The van der Waals surface area contributed by atoms with Gasteiger partial charge in [-0.05, 0) is 36.6 Å². The van der Waals surface area contributed by atoms with E-state index in [0.29, 0.717) is 42.4 Å². The van der Waals surface area contributed by atoms with E-state index in [1.54, 1.807) is 42.3 Å². The van der Waals surface area contributed by atoms with Crippen molar-refractivity contribution in [1.82, 2.24) is 9.21 Å². The summed E-state index contributed by atoms with van der Waals surface area (Å²) in [5.41, 5.74) is 0.902. The Hall–Kier alpha value is -1.89. The van der Waals surface area contributed by atoms with Crippen LogP contribution < -0.4 is 0 Å². The lowest BCUT2D eigenvalue weighted by atomic mass is 9.96. The fourth-order valence-electron chi connectivity index (χ4n) is 3.36. The molecule has 0 spiro atoms. The van der Waals surface area contributed by atoms with Crippen molar-refractivity contribution in [2.24, 2.45) is 5.92 Å². The lowest BCUT2D eigenvalue weighted by molar-refractivity contribution is -0.135. The number of hydrogen-bond acceptors (Lipinski definition) is 3. The van der Waals surface area contributed by atoms with Crippen molar-refractivity contribution in [2.45, 2.75) is 24.3 Å².